The summed E-state index contributed by atoms with van der Waals surface area (Å²) in [5, 5.41) is 6.55. The fraction of sp³-hybridized carbons (Fsp3) is 0.917. The maximum atomic E-state index is 11.8. The van der Waals surface area contributed by atoms with E-state index in [-0.39, 0.29) is 5.97 Å². The zero-order chi connectivity index (χ0) is 13.9. The third-order valence-electron chi connectivity index (χ3n) is 2.96. The number of hydrogen-bond acceptors (Lipinski definition) is 4. The minimum absolute atomic E-state index is 0.264. The van der Waals surface area contributed by atoms with E-state index >= 15 is 0 Å². The lowest BCUT2D eigenvalue weighted by molar-refractivity contribution is -0.148. The van der Waals surface area contributed by atoms with E-state index in [2.05, 4.69) is 22.3 Å². The van der Waals surface area contributed by atoms with Crippen molar-refractivity contribution in [3.05, 3.63) is 10.4 Å². The van der Waals surface area contributed by atoms with Gasteiger partial charge in [-0.3, -0.25) is 4.79 Å². The zero-order valence-electron chi connectivity index (χ0n) is 11.6. The molecule has 0 saturated heterocycles. The number of carbonyl (C=O) groups is 1. The van der Waals surface area contributed by atoms with E-state index in [9.17, 15) is 4.79 Å². The lowest BCUT2D eigenvalue weighted by Gasteiger charge is -2.27. The van der Waals surface area contributed by atoms with Crippen LogP contribution in [0.3, 0.4) is 0 Å². The molecule has 0 saturated carbocycles. The molecule has 0 heterocycles. The van der Waals surface area contributed by atoms with Crippen LogP contribution in [0.15, 0.2) is 5.11 Å². The van der Waals surface area contributed by atoms with Crippen molar-refractivity contribution in [2.24, 2.45) is 5.11 Å². The van der Waals surface area contributed by atoms with Crippen molar-refractivity contribution in [3.63, 3.8) is 0 Å². The van der Waals surface area contributed by atoms with Gasteiger partial charge in [-0.15, -0.1) is 0 Å². The molecule has 6 nitrogen and oxygen atoms in total. The van der Waals surface area contributed by atoms with Gasteiger partial charge in [0.2, 0.25) is 0 Å². The van der Waals surface area contributed by atoms with Crippen LogP contribution in [-0.2, 0) is 9.53 Å². The summed E-state index contributed by atoms with van der Waals surface area (Å²) in [5.74, 6) is -0.264. The first-order chi connectivity index (χ1) is 8.60. The smallest absolute Gasteiger partial charge is 0.325 e. The molecular weight excluding hydrogens is 232 g/mol. The van der Waals surface area contributed by atoms with Crippen LogP contribution in [0, 0.1) is 0 Å². The van der Waals surface area contributed by atoms with Crippen LogP contribution in [0.1, 0.15) is 46.0 Å². The van der Waals surface area contributed by atoms with Gasteiger partial charge in [0, 0.05) is 18.0 Å². The monoisotopic (exact) mass is 256 g/mol. The Kier molecular flexibility index (Phi) is 9.06. The molecule has 0 bridgehead atoms. The molecule has 0 fully saturated rings. The number of esters is 1. The third kappa shape index (κ3) is 6.47. The van der Waals surface area contributed by atoms with Gasteiger partial charge in [0.05, 0.1) is 7.11 Å². The van der Waals surface area contributed by atoms with Crippen LogP contribution in [0.2, 0.25) is 0 Å². The second-order valence-corrected chi connectivity index (χ2v) is 4.52. The van der Waals surface area contributed by atoms with Crippen molar-refractivity contribution in [2.75, 3.05) is 20.2 Å². The second kappa shape index (κ2) is 9.74. The lowest BCUT2D eigenvalue weighted by Crippen LogP contribution is -2.51. The Bertz CT molecular complexity index is 290. The van der Waals surface area contributed by atoms with Gasteiger partial charge in [-0.05, 0) is 18.9 Å². The standard InChI is InChI=1S/C12H24N4O2/c1-4-5-6-7-8-12(2,11(17)18-3)14-9-10-15-16-13/h14H,4-10H2,1-3H3. The fourth-order valence-electron chi connectivity index (χ4n) is 1.82. The van der Waals surface area contributed by atoms with E-state index in [4.69, 9.17) is 10.3 Å². The van der Waals surface area contributed by atoms with Gasteiger partial charge in [0.15, 0.2) is 0 Å². The summed E-state index contributed by atoms with van der Waals surface area (Å²) in [5.41, 5.74) is 7.50. The number of unbranched alkanes of at least 4 members (excludes halogenated alkanes) is 3. The summed E-state index contributed by atoms with van der Waals surface area (Å²) in [6.45, 7) is 4.79. The molecule has 0 aromatic carbocycles. The van der Waals surface area contributed by atoms with E-state index < -0.39 is 5.54 Å². The summed E-state index contributed by atoms with van der Waals surface area (Å²) in [6, 6.07) is 0. The highest BCUT2D eigenvalue weighted by molar-refractivity contribution is 5.80. The number of nitrogens with one attached hydrogen (secondary N) is 1. The predicted molar refractivity (Wildman–Crippen MR) is 71.2 cm³/mol. The number of nitrogens with zero attached hydrogens (tertiary/aromatic N) is 3. The van der Waals surface area contributed by atoms with Crippen LogP contribution in [0.5, 0.6) is 0 Å². The molecular formula is C12H24N4O2. The Morgan fingerprint density at radius 3 is 2.72 bits per heavy atom. The quantitative estimate of drug-likeness (QED) is 0.214. The van der Waals surface area contributed by atoms with Gasteiger partial charge in [-0.25, -0.2) is 0 Å². The van der Waals surface area contributed by atoms with Crippen molar-refractivity contribution in [1.29, 1.82) is 0 Å². The highest BCUT2D eigenvalue weighted by Gasteiger charge is 2.32. The molecule has 0 aliphatic carbocycles. The normalized spacial score (nSPS) is 13.5. The van der Waals surface area contributed by atoms with Crippen molar-refractivity contribution < 1.29 is 9.53 Å². The molecule has 0 spiro atoms. The molecule has 0 aromatic heterocycles. The molecule has 0 rings (SSSR count). The van der Waals surface area contributed by atoms with Crippen LogP contribution in [-0.4, -0.2) is 31.7 Å². The van der Waals surface area contributed by atoms with Gasteiger partial charge in [-0.2, -0.15) is 0 Å². The first-order valence-corrected chi connectivity index (χ1v) is 6.45. The Morgan fingerprint density at radius 2 is 2.17 bits per heavy atom. The van der Waals surface area contributed by atoms with Crippen molar-refractivity contribution in [3.8, 4) is 0 Å². The highest BCUT2D eigenvalue weighted by Crippen LogP contribution is 2.17. The Balaban J connectivity index is 4.24. The summed E-state index contributed by atoms with van der Waals surface area (Å²) in [7, 11) is 1.39. The first kappa shape index (κ1) is 16.7. The molecule has 0 radical (unpaired) electrons. The average molecular weight is 256 g/mol. The second-order valence-electron chi connectivity index (χ2n) is 4.52. The third-order valence-corrected chi connectivity index (χ3v) is 2.96. The lowest BCUT2D eigenvalue weighted by atomic mass is 9.94. The van der Waals surface area contributed by atoms with Crippen LogP contribution in [0.25, 0.3) is 10.4 Å². The van der Waals surface area contributed by atoms with Gasteiger partial charge in [0.25, 0.3) is 0 Å². The van der Waals surface area contributed by atoms with Crippen molar-refractivity contribution in [1.82, 2.24) is 5.32 Å². The summed E-state index contributed by atoms with van der Waals surface area (Å²) in [4.78, 5) is 14.4. The molecule has 0 aromatic rings. The average Bonchev–Trinajstić information content (AvgIpc) is 2.39. The Hall–Kier alpha value is -1.26. The van der Waals surface area contributed by atoms with E-state index in [1.807, 2.05) is 6.92 Å². The Labute approximate surface area is 109 Å². The van der Waals surface area contributed by atoms with Crippen LogP contribution >= 0.6 is 0 Å². The largest absolute Gasteiger partial charge is 0.468 e. The van der Waals surface area contributed by atoms with Crippen molar-refractivity contribution >= 4 is 5.97 Å². The molecule has 0 amide bonds. The SMILES string of the molecule is CCCCCCC(C)(NCCN=[N+]=[N-])C(=O)OC. The number of hydrogen-bond donors (Lipinski definition) is 1. The summed E-state index contributed by atoms with van der Waals surface area (Å²) >= 11 is 0. The van der Waals surface area contributed by atoms with Gasteiger partial charge >= 0.3 is 5.97 Å². The fourth-order valence-corrected chi connectivity index (χ4v) is 1.82. The summed E-state index contributed by atoms with van der Waals surface area (Å²) in [6.07, 6.45) is 5.17. The van der Waals surface area contributed by atoms with Crippen LogP contribution < -0.4 is 5.32 Å². The van der Waals surface area contributed by atoms with E-state index in [0.29, 0.717) is 13.1 Å². The maximum Gasteiger partial charge on any atom is 0.325 e. The molecule has 104 valence electrons. The molecule has 0 aliphatic rings. The molecule has 1 unspecified atom stereocenters. The number of azide groups is 1. The number of rotatable bonds is 10. The minimum Gasteiger partial charge on any atom is -0.468 e. The highest BCUT2D eigenvalue weighted by atomic mass is 16.5. The van der Waals surface area contributed by atoms with Gasteiger partial charge < -0.3 is 10.1 Å². The minimum atomic E-state index is -0.687. The predicted octanol–water partition coefficient (Wildman–Crippen LogP) is 2.79. The zero-order valence-corrected chi connectivity index (χ0v) is 11.6. The van der Waals surface area contributed by atoms with E-state index in [0.717, 1.165) is 19.3 Å². The number of methoxy groups -OCH3 is 1. The van der Waals surface area contributed by atoms with Crippen molar-refractivity contribution in [2.45, 2.75) is 51.5 Å². The maximum absolute atomic E-state index is 11.8. The molecule has 1 N–H and O–H groups in total. The molecule has 18 heavy (non-hydrogen) atoms. The molecule has 1 atom stereocenters. The van der Waals surface area contributed by atoms with Crippen LogP contribution in [0.4, 0.5) is 0 Å². The topological polar surface area (TPSA) is 87.1 Å². The number of carbonyl (C=O) groups excluding carboxylic acids is 1. The first-order valence-electron chi connectivity index (χ1n) is 6.45. The van der Waals surface area contributed by atoms with Gasteiger partial charge in [0.1, 0.15) is 5.54 Å². The van der Waals surface area contributed by atoms with E-state index in [1.54, 1.807) is 0 Å². The van der Waals surface area contributed by atoms with E-state index in [1.165, 1.54) is 20.0 Å². The molecule has 6 heteroatoms. The summed E-state index contributed by atoms with van der Waals surface area (Å²) < 4.78 is 4.82. The Morgan fingerprint density at radius 1 is 1.44 bits per heavy atom. The number of ether oxygens (including phenoxy) is 1. The van der Waals surface area contributed by atoms with Gasteiger partial charge in [-0.1, -0.05) is 37.7 Å². The molecule has 0 aliphatic heterocycles.